The van der Waals surface area contributed by atoms with Crippen molar-refractivity contribution < 1.29 is 0 Å². The van der Waals surface area contributed by atoms with Crippen molar-refractivity contribution in [3.63, 3.8) is 0 Å². The average molecular weight is 348 g/mol. The molecule has 2 aromatic rings. The highest BCUT2D eigenvalue weighted by atomic mass is 15.4. The quantitative estimate of drug-likeness (QED) is 0.727. The van der Waals surface area contributed by atoms with Crippen LogP contribution in [0.2, 0.25) is 0 Å². The van der Waals surface area contributed by atoms with E-state index in [0.29, 0.717) is 6.04 Å². The van der Waals surface area contributed by atoms with Gasteiger partial charge in [0.1, 0.15) is 0 Å². The molecule has 5 aliphatic rings. The number of rotatable bonds is 1. The predicted molar refractivity (Wildman–Crippen MR) is 104 cm³/mol. The van der Waals surface area contributed by atoms with Crippen LogP contribution < -0.4 is 4.90 Å². The van der Waals surface area contributed by atoms with Crippen molar-refractivity contribution >= 4 is 5.69 Å². The van der Waals surface area contributed by atoms with E-state index in [4.69, 9.17) is 5.10 Å². The maximum absolute atomic E-state index is 4.74. The van der Waals surface area contributed by atoms with Crippen molar-refractivity contribution in [1.29, 1.82) is 0 Å². The zero-order chi connectivity index (χ0) is 17.6. The van der Waals surface area contributed by atoms with Crippen molar-refractivity contribution in [2.45, 2.75) is 57.5 Å². The normalized spacial score (nSPS) is 39.8. The number of anilines is 1. The molecule has 3 heteroatoms. The first-order valence-corrected chi connectivity index (χ1v) is 10.5. The molecule has 0 radical (unpaired) electrons. The van der Waals surface area contributed by atoms with E-state index in [1.807, 2.05) is 0 Å². The molecule has 7 rings (SSSR count). The third kappa shape index (κ3) is 1.64. The number of aryl methyl sites for hydroxylation is 2. The summed E-state index contributed by atoms with van der Waals surface area (Å²) in [5, 5.41) is 4.74. The third-order valence-corrected chi connectivity index (χ3v) is 8.34. The highest BCUT2D eigenvalue weighted by molar-refractivity contribution is 5.63. The van der Waals surface area contributed by atoms with E-state index < -0.39 is 0 Å². The van der Waals surface area contributed by atoms with Crippen LogP contribution in [0.5, 0.6) is 0 Å². The maximum Gasteiger partial charge on any atom is 0.0886 e. The molecule has 0 saturated heterocycles. The minimum absolute atomic E-state index is 0.166. The summed E-state index contributed by atoms with van der Waals surface area (Å²) in [6, 6.07) is 9.46. The lowest BCUT2D eigenvalue weighted by Gasteiger charge is -2.63. The van der Waals surface area contributed by atoms with Gasteiger partial charge in [0.2, 0.25) is 0 Å². The largest absolute Gasteiger partial charge is 0.353 e. The average Bonchev–Trinajstić information content (AvgIpc) is 3.11. The van der Waals surface area contributed by atoms with E-state index in [-0.39, 0.29) is 5.54 Å². The Bertz CT molecular complexity index is 851. The standard InChI is InChI=1S/C23H29N3/c1-14-6-4-5-7-21(14)26-15(2)20-13-24-25(3)22(20)23(26)18-9-16-8-17(11-18)12-19(23)10-16/h4-7,13,15-19H,8-12H2,1-3H3. The van der Waals surface area contributed by atoms with Crippen LogP contribution in [-0.2, 0) is 12.6 Å². The van der Waals surface area contributed by atoms with Gasteiger partial charge in [0, 0.05) is 18.3 Å². The highest BCUT2D eigenvalue weighted by Gasteiger charge is 2.66. The fourth-order valence-electron chi connectivity index (χ4n) is 7.75. The van der Waals surface area contributed by atoms with Crippen molar-refractivity contribution in [1.82, 2.24) is 9.78 Å². The summed E-state index contributed by atoms with van der Waals surface area (Å²) in [5.74, 6) is 3.54. The van der Waals surface area contributed by atoms with E-state index >= 15 is 0 Å². The number of fused-ring (bicyclic) bond motifs is 1. The van der Waals surface area contributed by atoms with Crippen LogP contribution in [0.3, 0.4) is 0 Å². The summed E-state index contributed by atoms with van der Waals surface area (Å²) in [6.07, 6.45) is 9.35. The molecule has 4 saturated carbocycles. The molecule has 0 amide bonds. The molecule has 1 spiro atoms. The summed E-state index contributed by atoms with van der Waals surface area (Å²) in [4.78, 5) is 2.85. The fourth-order valence-corrected chi connectivity index (χ4v) is 7.75. The molecule has 1 atom stereocenters. The van der Waals surface area contributed by atoms with Crippen molar-refractivity contribution in [3.05, 3.63) is 47.3 Å². The molecule has 136 valence electrons. The molecular weight excluding hydrogens is 318 g/mol. The third-order valence-electron chi connectivity index (χ3n) is 8.34. The fraction of sp³-hybridized carbons (Fsp3) is 0.609. The Morgan fingerprint density at radius 1 is 1.00 bits per heavy atom. The second-order valence-corrected chi connectivity index (χ2v) is 9.53. The van der Waals surface area contributed by atoms with Crippen molar-refractivity contribution in [2.24, 2.45) is 30.7 Å². The molecule has 2 heterocycles. The van der Waals surface area contributed by atoms with Crippen LogP contribution >= 0.6 is 0 Å². The minimum atomic E-state index is 0.166. The van der Waals surface area contributed by atoms with Gasteiger partial charge in [0.15, 0.2) is 0 Å². The number of para-hydroxylation sites is 1. The Hall–Kier alpha value is -1.77. The van der Waals surface area contributed by atoms with Crippen LogP contribution in [0.1, 0.15) is 61.9 Å². The topological polar surface area (TPSA) is 21.1 Å². The zero-order valence-electron chi connectivity index (χ0n) is 16.2. The van der Waals surface area contributed by atoms with Gasteiger partial charge in [0.25, 0.3) is 0 Å². The molecule has 1 unspecified atom stereocenters. The second kappa shape index (κ2) is 4.94. The van der Waals surface area contributed by atoms with E-state index in [2.05, 4.69) is 60.9 Å². The summed E-state index contributed by atoms with van der Waals surface area (Å²) in [5.41, 5.74) is 6.04. The number of hydrogen-bond acceptors (Lipinski definition) is 2. The number of aromatic nitrogens is 2. The van der Waals surface area contributed by atoms with Gasteiger partial charge in [-0.3, -0.25) is 4.68 Å². The number of hydrogen-bond donors (Lipinski definition) is 0. The molecule has 3 nitrogen and oxygen atoms in total. The van der Waals surface area contributed by atoms with Gasteiger partial charge in [-0.05, 0) is 81.3 Å². The monoisotopic (exact) mass is 347 g/mol. The van der Waals surface area contributed by atoms with Crippen LogP contribution in [-0.4, -0.2) is 9.78 Å². The molecule has 4 aliphatic carbocycles. The van der Waals surface area contributed by atoms with E-state index in [1.165, 1.54) is 48.9 Å². The summed E-state index contributed by atoms with van der Waals surface area (Å²) >= 11 is 0. The molecule has 1 aromatic carbocycles. The minimum Gasteiger partial charge on any atom is -0.353 e. The van der Waals surface area contributed by atoms with Gasteiger partial charge in [-0.25, -0.2) is 0 Å². The Morgan fingerprint density at radius 3 is 2.31 bits per heavy atom. The van der Waals surface area contributed by atoms with Crippen LogP contribution in [0.15, 0.2) is 30.5 Å². The van der Waals surface area contributed by atoms with Crippen molar-refractivity contribution in [2.75, 3.05) is 4.90 Å². The Labute approximate surface area is 156 Å². The lowest BCUT2D eigenvalue weighted by Crippen LogP contribution is -2.62. The molecule has 4 fully saturated rings. The second-order valence-electron chi connectivity index (χ2n) is 9.53. The number of nitrogens with zero attached hydrogens (tertiary/aromatic N) is 3. The van der Waals surface area contributed by atoms with Crippen LogP contribution in [0.4, 0.5) is 5.69 Å². The maximum atomic E-state index is 4.74. The van der Waals surface area contributed by atoms with Gasteiger partial charge >= 0.3 is 0 Å². The summed E-state index contributed by atoms with van der Waals surface area (Å²) < 4.78 is 2.23. The van der Waals surface area contributed by atoms with E-state index in [9.17, 15) is 0 Å². The van der Waals surface area contributed by atoms with Gasteiger partial charge in [-0.2, -0.15) is 5.10 Å². The molecule has 26 heavy (non-hydrogen) atoms. The van der Waals surface area contributed by atoms with Gasteiger partial charge in [0.05, 0.1) is 23.5 Å². The lowest BCUT2D eigenvalue weighted by atomic mass is 9.47. The first-order valence-electron chi connectivity index (χ1n) is 10.5. The van der Waals surface area contributed by atoms with Crippen LogP contribution in [0, 0.1) is 30.6 Å². The zero-order valence-corrected chi connectivity index (χ0v) is 16.2. The van der Waals surface area contributed by atoms with Crippen LogP contribution in [0.25, 0.3) is 0 Å². The highest BCUT2D eigenvalue weighted by Crippen LogP contribution is 2.68. The first kappa shape index (κ1) is 15.3. The van der Waals surface area contributed by atoms with Gasteiger partial charge in [-0.15, -0.1) is 0 Å². The predicted octanol–water partition coefficient (Wildman–Crippen LogP) is 4.96. The SMILES string of the molecule is Cc1ccccc1N1C(C)c2cnn(C)c2C12C1CC3CC(C1)CC2C3. The summed E-state index contributed by atoms with van der Waals surface area (Å²) in [7, 11) is 2.18. The molecule has 1 aliphatic heterocycles. The van der Waals surface area contributed by atoms with E-state index in [1.54, 1.807) is 5.69 Å². The molecule has 1 aromatic heterocycles. The molecule has 4 bridgehead atoms. The molecular formula is C23H29N3. The van der Waals surface area contributed by atoms with E-state index in [0.717, 1.165) is 23.7 Å². The lowest BCUT2D eigenvalue weighted by molar-refractivity contribution is -0.0635. The first-order chi connectivity index (χ1) is 12.6. The molecule has 0 N–H and O–H groups in total. The Balaban J connectivity index is 1.63. The Morgan fingerprint density at radius 2 is 1.65 bits per heavy atom. The van der Waals surface area contributed by atoms with Crippen molar-refractivity contribution in [3.8, 4) is 0 Å². The smallest absolute Gasteiger partial charge is 0.0886 e. The number of benzene rings is 1. The van der Waals surface area contributed by atoms with Gasteiger partial charge < -0.3 is 4.90 Å². The summed E-state index contributed by atoms with van der Waals surface area (Å²) in [6.45, 7) is 4.69. The Kier molecular flexibility index (Phi) is 2.90. The van der Waals surface area contributed by atoms with Gasteiger partial charge in [-0.1, -0.05) is 18.2 Å².